The number of hydrogen-bond acceptors (Lipinski definition) is 6. The summed E-state index contributed by atoms with van der Waals surface area (Å²) >= 11 is 0. The average Bonchev–Trinajstić information content (AvgIpc) is 2.68. The maximum atomic E-state index is 12.2. The van der Waals surface area contributed by atoms with Crippen molar-refractivity contribution >= 4 is 17.3 Å². The number of carbonyl (C=O) groups is 1. The second-order valence-corrected chi connectivity index (χ2v) is 4.46. The molecule has 7 heteroatoms. The standard InChI is InChI=1S/C13H16N4O3/c1-9-13(16-19,12(18)17(3)14-9)10(2)15-20-11-7-5-4-6-8-11/h4-8,16,19H,1-3H3. The largest absolute Gasteiger partial charge is 0.357 e. The Balaban J connectivity index is 2.28. The van der Waals surface area contributed by atoms with E-state index in [1.54, 1.807) is 38.1 Å². The van der Waals surface area contributed by atoms with E-state index in [0.29, 0.717) is 11.5 Å². The smallest absolute Gasteiger partial charge is 0.276 e. The van der Waals surface area contributed by atoms with Gasteiger partial charge in [0.2, 0.25) is 5.54 Å². The number of hydroxylamine groups is 1. The van der Waals surface area contributed by atoms with Crippen molar-refractivity contribution in [2.75, 3.05) is 7.05 Å². The fraction of sp³-hybridized carbons (Fsp3) is 0.308. The SMILES string of the molecule is CC(=NOc1ccccc1)C1(NO)C(=O)N(C)N=C1C. The number of oxime groups is 1. The van der Waals surface area contributed by atoms with E-state index in [-0.39, 0.29) is 5.71 Å². The molecule has 1 atom stereocenters. The molecule has 7 nitrogen and oxygen atoms in total. The van der Waals surface area contributed by atoms with Gasteiger partial charge < -0.3 is 10.0 Å². The van der Waals surface area contributed by atoms with Crippen molar-refractivity contribution in [3.8, 4) is 5.75 Å². The molecule has 1 amide bonds. The molecule has 0 aromatic heterocycles. The molecular formula is C13H16N4O3. The number of nitrogens with one attached hydrogen (secondary N) is 1. The molecule has 1 unspecified atom stereocenters. The minimum absolute atomic E-state index is 0.263. The van der Waals surface area contributed by atoms with Crippen molar-refractivity contribution in [2.45, 2.75) is 19.4 Å². The Morgan fingerprint density at radius 1 is 1.45 bits per heavy atom. The van der Waals surface area contributed by atoms with E-state index in [4.69, 9.17) is 4.84 Å². The predicted octanol–water partition coefficient (Wildman–Crippen LogP) is 1.01. The van der Waals surface area contributed by atoms with Crippen LogP contribution in [0.5, 0.6) is 5.75 Å². The Hall–Kier alpha value is -2.25. The second-order valence-electron chi connectivity index (χ2n) is 4.46. The molecular weight excluding hydrogens is 260 g/mol. The van der Waals surface area contributed by atoms with Crippen LogP contribution in [-0.2, 0) is 4.79 Å². The van der Waals surface area contributed by atoms with Crippen LogP contribution in [0.4, 0.5) is 0 Å². The zero-order valence-electron chi connectivity index (χ0n) is 11.5. The molecule has 106 valence electrons. The van der Waals surface area contributed by atoms with Gasteiger partial charge in [-0.2, -0.15) is 10.6 Å². The monoisotopic (exact) mass is 276 g/mol. The molecule has 0 spiro atoms. The molecule has 0 fully saturated rings. The summed E-state index contributed by atoms with van der Waals surface area (Å²) in [6, 6.07) is 8.94. The highest BCUT2D eigenvalue weighted by Crippen LogP contribution is 2.21. The van der Waals surface area contributed by atoms with Gasteiger partial charge >= 0.3 is 0 Å². The Bertz CT molecular complexity index is 570. The Morgan fingerprint density at radius 3 is 2.60 bits per heavy atom. The number of likely N-dealkylation sites (N-methyl/N-ethyl adjacent to an activating group) is 1. The number of hydrogen-bond donors (Lipinski definition) is 2. The summed E-state index contributed by atoms with van der Waals surface area (Å²) in [6.07, 6.45) is 0. The van der Waals surface area contributed by atoms with Gasteiger partial charge in [0.25, 0.3) is 5.91 Å². The summed E-state index contributed by atoms with van der Waals surface area (Å²) in [7, 11) is 1.51. The second kappa shape index (κ2) is 5.40. The van der Waals surface area contributed by atoms with Gasteiger partial charge in [-0.3, -0.25) is 4.79 Å². The number of benzene rings is 1. The maximum Gasteiger partial charge on any atom is 0.276 e. The molecule has 0 saturated carbocycles. The summed E-state index contributed by atoms with van der Waals surface area (Å²) in [6.45, 7) is 3.22. The molecule has 1 aromatic rings. The van der Waals surface area contributed by atoms with Gasteiger partial charge in [-0.05, 0) is 26.0 Å². The summed E-state index contributed by atoms with van der Waals surface area (Å²) in [5.74, 6) is 0.115. The van der Waals surface area contributed by atoms with Crippen LogP contribution >= 0.6 is 0 Å². The zero-order chi connectivity index (χ0) is 14.8. The van der Waals surface area contributed by atoms with Gasteiger partial charge in [0.15, 0.2) is 5.75 Å². The van der Waals surface area contributed by atoms with Crippen LogP contribution in [0.1, 0.15) is 13.8 Å². The summed E-state index contributed by atoms with van der Waals surface area (Å²) in [5.41, 5.74) is 1.20. The molecule has 2 N–H and O–H groups in total. The summed E-state index contributed by atoms with van der Waals surface area (Å²) in [4.78, 5) is 17.4. The van der Waals surface area contributed by atoms with E-state index >= 15 is 0 Å². The number of hydrazone groups is 1. The van der Waals surface area contributed by atoms with Gasteiger partial charge in [0.1, 0.15) is 0 Å². The third-order valence-corrected chi connectivity index (χ3v) is 3.20. The number of carbonyl (C=O) groups excluding carboxylic acids is 1. The molecule has 0 bridgehead atoms. The lowest BCUT2D eigenvalue weighted by molar-refractivity contribution is -0.133. The molecule has 0 aliphatic carbocycles. The van der Waals surface area contributed by atoms with E-state index in [0.717, 1.165) is 5.01 Å². The lowest BCUT2D eigenvalue weighted by Crippen LogP contribution is -2.60. The minimum atomic E-state index is -1.47. The van der Waals surface area contributed by atoms with Crippen LogP contribution in [0.25, 0.3) is 0 Å². The molecule has 2 rings (SSSR count). The fourth-order valence-electron chi connectivity index (χ4n) is 2.04. The van der Waals surface area contributed by atoms with Crippen molar-refractivity contribution in [1.82, 2.24) is 10.5 Å². The van der Waals surface area contributed by atoms with Crippen LogP contribution in [0.2, 0.25) is 0 Å². The molecule has 0 saturated heterocycles. The molecule has 1 aliphatic rings. The average molecular weight is 276 g/mol. The van der Waals surface area contributed by atoms with Crippen LogP contribution in [-0.4, -0.2) is 40.1 Å². The van der Waals surface area contributed by atoms with E-state index < -0.39 is 11.4 Å². The Kier molecular flexibility index (Phi) is 3.82. The van der Waals surface area contributed by atoms with Gasteiger partial charge in [-0.1, -0.05) is 23.4 Å². The molecule has 1 aliphatic heterocycles. The molecule has 1 aromatic carbocycles. The van der Waals surface area contributed by atoms with Gasteiger partial charge in [0.05, 0.1) is 11.4 Å². The number of para-hydroxylation sites is 1. The first-order chi connectivity index (χ1) is 9.52. The predicted molar refractivity (Wildman–Crippen MR) is 73.7 cm³/mol. The minimum Gasteiger partial charge on any atom is -0.357 e. The van der Waals surface area contributed by atoms with Crippen LogP contribution < -0.4 is 10.3 Å². The number of rotatable bonds is 4. The normalized spacial score (nSPS) is 23.0. The van der Waals surface area contributed by atoms with Gasteiger partial charge in [0, 0.05) is 7.05 Å². The maximum absolute atomic E-state index is 12.2. The number of nitrogens with zero attached hydrogens (tertiary/aromatic N) is 3. The van der Waals surface area contributed by atoms with E-state index in [1.807, 2.05) is 11.5 Å². The first-order valence-electron chi connectivity index (χ1n) is 6.04. The molecule has 1 heterocycles. The number of amides is 1. The van der Waals surface area contributed by atoms with E-state index in [2.05, 4.69) is 10.3 Å². The lowest BCUT2D eigenvalue weighted by atomic mass is 9.90. The third kappa shape index (κ3) is 2.17. The van der Waals surface area contributed by atoms with Crippen molar-refractivity contribution in [2.24, 2.45) is 10.3 Å². The Morgan fingerprint density at radius 2 is 2.10 bits per heavy atom. The highest BCUT2D eigenvalue weighted by Gasteiger charge is 2.51. The van der Waals surface area contributed by atoms with Crippen LogP contribution in [0.15, 0.2) is 40.6 Å². The van der Waals surface area contributed by atoms with Gasteiger partial charge in [-0.25, -0.2) is 5.01 Å². The first-order valence-corrected chi connectivity index (χ1v) is 6.04. The fourth-order valence-corrected chi connectivity index (χ4v) is 2.04. The van der Waals surface area contributed by atoms with Crippen molar-refractivity contribution in [1.29, 1.82) is 0 Å². The summed E-state index contributed by atoms with van der Waals surface area (Å²) < 4.78 is 0. The van der Waals surface area contributed by atoms with Crippen molar-refractivity contribution in [3.05, 3.63) is 30.3 Å². The highest BCUT2D eigenvalue weighted by atomic mass is 16.6. The zero-order valence-corrected chi connectivity index (χ0v) is 11.5. The van der Waals surface area contributed by atoms with E-state index in [1.165, 1.54) is 7.05 Å². The first kappa shape index (κ1) is 14.2. The van der Waals surface area contributed by atoms with Crippen LogP contribution in [0.3, 0.4) is 0 Å². The highest BCUT2D eigenvalue weighted by molar-refractivity contribution is 6.32. The summed E-state index contributed by atoms with van der Waals surface area (Å²) in [5, 5.41) is 18.5. The van der Waals surface area contributed by atoms with Crippen molar-refractivity contribution in [3.63, 3.8) is 0 Å². The van der Waals surface area contributed by atoms with Crippen molar-refractivity contribution < 1.29 is 14.8 Å². The molecule has 0 radical (unpaired) electrons. The lowest BCUT2D eigenvalue weighted by Gasteiger charge is -2.24. The van der Waals surface area contributed by atoms with E-state index in [9.17, 15) is 10.0 Å². The topological polar surface area (TPSA) is 86.5 Å². The van der Waals surface area contributed by atoms with Crippen LogP contribution in [0, 0.1) is 0 Å². The quantitative estimate of drug-likeness (QED) is 0.634. The molecule has 20 heavy (non-hydrogen) atoms. The van der Waals surface area contributed by atoms with Gasteiger partial charge in [-0.15, -0.1) is 0 Å². The third-order valence-electron chi connectivity index (χ3n) is 3.20. The Labute approximate surface area is 116 Å².